The van der Waals surface area contributed by atoms with Gasteiger partial charge in [-0.3, -0.25) is 4.90 Å². The van der Waals surface area contributed by atoms with E-state index in [0.29, 0.717) is 6.10 Å². The standard InChI is InChI=1S/C11H24N2O/c1-5-12-11(3,4)9-13-6-7-14-10(2)8-13/h10,12H,5-9H2,1-4H3. The van der Waals surface area contributed by atoms with Crippen LogP contribution >= 0.6 is 0 Å². The molecule has 0 bridgehead atoms. The summed E-state index contributed by atoms with van der Waals surface area (Å²) in [7, 11) is 0. The Morgan fingerprint density at radius 2 is 2.21 bits per heavy atom. The monoisotopic (exact) mass is 200 g/mol. The Morgan fingerprint density at radius 3 is 2.79 bits per heavy atom. The average Bonchev–Trinajstić information content (AvgIpc) is 2.02. The van der Waals surface area contributed by atoms with Crippen LogP contribution in [0.3, 0.4) is 0 Å². The van der Waals surface area contributed by atoms with Gasteiger partial charge in [0.25, 0.3) is 0 Å². The van der Waals surface area contributed by atoms with Crippen LogP contribution in [0.15, 0.2) is 0 Å². The van der Waals surface area contributed by atoms with Crippen LogP contribution in [0.1, 0.15) is 27.7 Å². The molecule has 3 heteroatoms. The molecule has 0 aliphatic carbocycles. The van der Waals surface area contributed by atoms with Gasteiger partial charge < -0.3 is 10.1 Å². The van der Waals surface area contributed by atoms with Crippen molar-refractivity contribution in [3.8, 4) is 0 Å². The van der Waals surface area contributed by atoms with Crippen LogP contribution in [-0.4, -0.2) is 49.3 Å². The maximum Gasteiger partial charge on any atom is 0.0674 e. The van der Waals surface area contributed by atoms with Gasteiger partial charge in [0.15, 0.2) is 0 Å². The van der Waals surface area contributed by atoms with Crippen LogP contribution < -0.4 is 5.32 Å². The van der Waals surface area contributed by atoms with Gasteiger partial charge in [0, 0.05) is 25.2 Å². The lowest BCUT2D eigenvalue weighted by molar-refractivity contribution is -0.0251. The van der Waals surface area contributed by atoms with Crippen molar-refractivity contribution in [2.24, 2.45) is 0 Å². The molecule has 0 aromatic rings. The molecule has 1 atom stereocenters. The molecule has 0 amide bonds. The SMILES string of the molecule is CCNC(C)(C)CN1CCOC(C)C1. The average molecular weight is 200 g/mol. The third-order valence-corrected chi connectivity index (χ3v) is 2.60. The highest BCUT2D eigenvalue weighted by Gasteiger charge is 2.24. The number of rotatable bonds is 4. The summed E-state index contributed by atoms with van der Waals surface area (Å²) in [6.45, 7) is 14.0. The highest BCUT2D eigenvalue weighted by Crippen LogP contribution is 2.10. The lowest BCUT2D eigenvalue weighted by atomic mass is 10.0. The normalized spacial score (nSPS) is 25.3. The first-order valence-electron chi connectivity index (χ1n) is 5.62. The zero-order valence-corrected chi connectivity index (χ0v) is 9.97. The first-order valence-corrected chi connectivity index (χ1v) is 5.62. The number of hydrogen-bond acceptors (Lipinski definition) is 3. The Hall–Kier alpha value is -0.120. The lowest BCUT2D eigenvalue weighted by Crippen LogP contribution is -2.53. The predicted molar refractivity (Wildman–Crippen MR) is 59.6 cm³/mol. The highest BCUT2D eigenvalue weighted by molar-refractivity contribution is 4.83. The summed E-state index contributed by atoms with van der Waals surface area (Å²) in [5.41, 5.74) is 0.214. The van der Waals surface area contributed by atoms with Gasteiger partial charge in [0.05, 0.1) is 12.7 Å². The summed E-state index contributed by atoms with van der Waals surface area (Å²) < 4.78 is 5.52. The molecule has 1 aliphatic rings. The number of ether oxygens (including phenoxy) is 1. The molecule has 0 spiro atoms. The fourth-order valence-electron chi connectivity index (χ4n) is 2.13. The van der Waals surface area contributed by atoms with Crippen LogP contribution in [0.5, 0.6) is 0 Å². The van der Waals surface area contributed by atoms with E-state index in [1.54, 1.807) is 0 Å². The first-order chi connectivity index (χ1) is 6.53. The number of morpholine rings is 1. The van der Waals surface area contributed by atoms with E-state index in [9.17, 15) is 0 Å². The second-order valence-electron chi connectivity index (χ2n) is 4.83. The third kappa shape index (κ3) is 3.95. The van der Waals surface area contributed by atoms with Gasteiger partial charge in [-0.2, -0.15) is 0 Å². The van der Waals surface area contributed by atoms with Crippen molar-refractivity contribution >= 4 is 0 Å². The van der Waals surface area contributed by atoms with Crippen molar-refractivity contribution < 1.29 is 4.74 Å². The lowest BCUT2D eigenvalue weighted by Gasteiger charge is -2.37. The number of hydrogen-bond donors (Lipinski definition) is 1. The minimum atomic E-state index is 0.214. The van der Waals surface area contributed by atoms with Crippen molar-refractivity contribution in [1.82, 2.24) is 10.2 Å². The maximum atomic E-state index is 5.52. The minimum absolute atomic E-state index is 0.214. The molecule has 84 valence electrons. The van der Waals surface area contributed by atoms with Gasteiger partial charge in [0.1, 0.15) is 0 Å². The third-order valence-electron chi connectivity index (χ3n) is 2.60. The van der Waals surface area contributed by atoms with E-state index in [-0.39, 0.29) is 5.54 Å². The van der Waals surface area contributed by atoms with Gasteiger partial charge >= 0.3 is 0 Å². The Bertz CT molecular complexity index is 171. The predicted octanol–water partition coefficient (Wildman–Crippen LogP) is 1.10. The fourth-order valence-corrected chi connectivity index (χ4v) is 2.13. The Morgan fingerprint density at radius 1 is 1.50 bits per heavy atom. The van der Waals surface area contributed by atoms with E-state index in [0.717, 1.165) is 32.8 Å². The molecule has 0 aromatic carbocycles. The van der Waals surface area contributed by atoms with E-state index < -0.39 is 0 Å². The van der Waals surface area contributed by atoms with Gasteiger partial charge in [-0.1, -0.05) is 6.92 Å². The van der Waals surface area contributed by atoms with Crippen molar-refractivity contribution in [3.63, 3.8) is 0 Å². The summed E-state index contributed by atoms with van der Waals surface area (Å²) in [6, 6.07) is 0. The van der Waals surface area contributed by atoms with Crippen LogP contribution in [0, 0.1) is 0 Å². The molecule has 14 heavy (non-hydrogen) atoms. The van der Waals surface area contributed by atoms with Gasteiger partial charge in [0.2, 0.25) is 0 Å². The molecule has 1 unspecified atom stereocenters. The molecular formula is C11H24N2O. The smallest absolute Gasteiger partial charge is 0.0674 e. The second kappa shape index (κ2) is 5.10. The zero-order valence-electron chi connectivity index (χ0n) is 9.97. The van der Waals surface area contributed by atoms with Gasteiger partial charge in [-0.15, -0.1) is 0 Å². The van der Waals surface area contributed by atoms with E-state index in [2.05, 4.69) is 37.9 Å². The molecular weight excluding hydrogens is 176 g/mol. The van der Waals surface area contributed by atoms with Crippen LogP contribution in [0.2, 0.25) is 0 Å². The fraction of sp³-hybridized carbons (Fsp3) is 1.00. The van der Waals surface area contributed by atoms with E-state index in [4.69, 9.17) is 4.74 Å². The number of likely N-dealkylation sites (N-methyl/N-ethyl adjacent to an activating group) is 1. The largest absolute Gasteiger partial charge is 0.376 e. The topological polar surface area (TPSA) is 24.5 Å². The zero-order chi connectivity index (χ0) is 10.6. The minimum Gasteiger partial charge on any atom is -0.376 e. The van der Waals surface area contributed by atoms with E-state index >= 15 is 0 Å². The Balaban J connectivity index is 2.34. The van der Waals surface area contributed by atoms with E-state index in [1.807, 2.05) is 0 Å². The summed E-state index contributed by atoms with van der Waals surface area (Å²) in [5.74, 6) is 0. The summed E-state index contributed by atoms with van der Waals surface area (Å²) >= 11 is 0. The summed E-state index contributed by atoms with van der Waals surface area (Å²) in [6.07, 6.45) is 0.390. The molecule has 1 fully saturated rings. The van der Waals surface area contributed by atoms with Crippen molar-refractivity contribution in [2.75, 3.05) is 32.8 Å². The summed E-state index contributed by atoms with van der Waals surface area (Å²) in [4.78, 5) is 2.48. The number of nitrogens with one attached hydrogen (secondary N) is 1. The molecule has 1 aliphatic heterocycles. The molecule has 0 aromatic heterocycles. The molecule has 3 nitrogen and oxygen atoms in total. The molecule has 1 saturated heterocycles. The van der Waals surface area contributed by atoms with Crippen LogP contribution in [-0.2, 0) is 4.74 Å². The molecule has 1 N–H and O–H groups in total. The number of nitrogens with zero attached hydrogens (tertiary/aromatic N) is 1. The quantitative estimate of drug-likeness (QED) is 0.735. The first kappa shape index (κ1) is 12.0. The molecule has 0 saturated carbocycles. The van der Waals surface area contributed by atoms with Crippen molar-refractivity contribution in [1.29, 1.82) is 0 Å². The van der Waals surface area contributed by atoms with E-state index in [1.165, 1.54) is 0 Å². The van der Waals surface area contributed by atoms with Crippen LogP contribution in [0.4, 0.5) is 0 Å². The highest BCUT2D eigenvalue weighted by atomic mass is 16.5. The van der Waals surface area contributed by atoms with Gasteiger partial charge in [-0.25, -0.2) is 0 Å². The second-order valence-corrected chi connectivity index (χ2v) is 4.83. The maximum absolute atomic E-state index is 5.52. The Kier molecular flexibility index (Phi) is 4.35. The van der Waals surface area contributed by atoms with Crippen molar-refractivity contribution in [3.05, 3.63) is 0 Å². The summed E-state index contributed by atoms with van der Waals surface area (Å²) in [5, 5.41) is 3.50. The molecule has 1 rings (SSSR count). The molecule has 1 heterocycles. The van der Waals surface area contributed by atoms with Gasteiger partial charge in [-0.05, 0) is 27.3 Å². The van der Waals surface area contributed by atoms with Crippen LogP contribution in [0.25, 0.3) is 0 Å². The van der Waals surface area contributed by atoms with Crippen molar-refractivity contribution in [2.45, 2.75) is 39.3 Å². The Labute approximate surface area is 87.8 Å². The molecule has 0 radical (unpaired) electrons.